The van der Waals surface area contributed by atoms with Crippen LogP contribution in [0.5, 0.6) is 0 Å². The number of hydrogen-bond acceptors (Lipinski definition) is 4. The number of para-hydroxylation sites is 1. The van der Waals surface area contributed by atoms with Gasteiger partial charge in [0.05, 0.1) is 30.2 Å². The molecule has 0 radical (unpaired) electrons. The van der Waals surface area contributed by atoms with Crippen LogP contribution >= 0.6 is 24.8 Å². The fraction of sp³-hybridized carbons (Fsp3) is 0.579. The summed E-state index contributed by atoms with van der Waals surface area (Å²) >= 11 is 0. The number of aromatic nitrogens is 2. The molecule has 27 heavy (non-hydrogen) atoms. The zero-order chi connectivity index (χ0) is 17.2. The number of amides is 1. The van der Waals surface area contributed by atoms with Crippen molar-refractivity contribution in [3.05, 3.63) is 29.6 Å². The molecule has 1 aromatic heterocycles. The Bertz CT molecular complexity index is 753. The normalized spacial score (nSPS) is 20.8. The summed E-state index contributed by atoms with van der Waals surface area (Å²) in [5.74, 6) is 1.69. The summed E-state index contributed by atoms with van der Waals surface area (Å²) in [4.78, 5) is 22.8. The molecule has 2 saturated heterocycles. The second-order valence-corrected chi connectivity index (χ2v) is 7.15. The molecular weight excluding hydrogens is 387 g/mol. The summed E-state index contributed by atoms with van der Waals surface area (Å²) < 4.78 is 5.65. The number of halogens is 2. The number of fused-ring (bicyclic) bond motifs is 1. The summed E-state index contributed by atoms with van der Waals surface area (Å²) in [5.41, 5.74) is 3.38. The molecule has 0 spiro atoms. The number of imidazole rings is 1. The minimum atomic E-state index is 0. The molecular formula is C19H28Cl2N4O2. The van der Waals surface area contributed by atoms with Gasteiger partial charge in [0.15, 0.2) is 0 Å². The summed E-state index contributed by atoms with van der Waals surface area (Å²) in [7, 11) is 0. The molecule has 1 atom stereocenters. The molecule has 0 saturated carbocycles. The monoisotopic (exact) mass is 414 g/mol. The lowest BCUT2D eigenvalue weighted by Crippen LogP contribution is -2.44. The quantitative estimate of drug-likeness (QED) is 0.809. The van der Waals surface area contributed by atoms with E-state index in [2.05, 4.69) is 35.4 Å². The zero-order valence-electron chi connectivity index (χ0n) is 15.6. The predicted octanol–water partition coefficient (Wildman–Crippen LogP) is 2.80. The van der Waals surface area contributed by atoms with E-state index in [1.807, 2.05) is 4.90 Å². The van der Waals surface area contributed by atoms with Gasteiger partial charge in [-0.05, 0) is 31.4 Å². The number of carbonyl (C=O) groups is 1. The van der Waals surface area contributed by atoms with Gasteiger partial charge in [0, 0.05) is 32.1 Å². The van der Waals surface area contributed by atoms with Crippen LogP contribution in [-0.2, 0) is 9.53 Å². The van der Waals surface area contributed by atoms with Crippen molar-refractivity contribution in [2.45, 2.75) is 38.2 Å². The number of benzene rings is 1. The van der Waals surface area contributed by atoms with E-state index in [0.29, 0.717) is 18.9 Å². The van der Waals surface area contributed by atoms with Crippen molar-refractivity contribution in [3.63, 3.8) is 0 Å². The van der Waals surface area contributed by atoms with Crippen molar-refractivity contribution in [1.29, 1.82) is 0 Å². The van der Waals surface area contributed by atoms with Gasteiger partial charge >= 0.3 is 0 Å². The molecule has 2 fully saturated rings. The smallest absolute Gasteiger partial charge is 0.225 e. The second kappa shape index (κ2) is 9.73. The van der Waals surface area contributed by atoms with E-state index in [1.54, 1.807) is 0 Å². The predicted molar refractivity (Wildman–Crippen MR) is 111 cm³/mol. The summed E-state index contributed by atoms with van der Waals surface area (Å²) in [6.07, 6.45) is 2.45. The number of nitrogens with zero attached hydrogens (tertiary/aromatic N) is 2. The van der Waals surface area contributed by atoms with Crippen molar-refractivity contribution in [2.75, 3.05) is 32.8 Å². The molecule has 1 aromatic carbocycles. The van der Waals surface area contributed by atoms with Crippen LogP contribution in [-0.4, -0.2) is 59.7 Å². The van der Waals surface area contributed by atoms with Gasteiger partial charge in [-0.1, -0.05) is 12.1 Å². The molecule has 2 aromatic rings. The van der Waals surface area contributed by atoms with Crippen LogP contribution in [0.15, 0.2) is 18.2 Å². The van der Waals surface area contributed by atoms with E-state index in [0.717, 1.165) is 55.9 Å². The van der Waals surface area contributed by atoms with E-state index in [-0.39, 0.29) is 36.8 Å². The number of aryl methyl sites for hydroxylation is 1. The van der Waals surface area contributed by atoms with Gasteiger partial charge in [-0.3, -0.25) is 4.79 Å². The Morgan fingerprint density at radius 2 is 2.07 bits per heavy atom. The number of hydrogen-bond donors (Lipinski definition) is 2. The van der Waals surface area contributed by atoms with Crippen molar-refractivity contribution in [2.24, 2.45) is 0 Å². The highest BCUT2D eigenvalue weighted by molar-refractivity contribution is 5.85. The Kier molecular flexibility index (Phi) is 7.91. The van der Waals surface area contributed by atoms with Gasteiger partial charge in [0.25, 0.3) is 0 Å². The maximum Gasteiger partial charge on any atom is 0.225 e. The number of aromatic amines is 1. The van der Waals surface area contributed by atoms with E-state index in [1.165, 1.54) is 5.56 Å². The number of H-pyrrole nitrogens is 1. The second-order valence-electron chi connectivity index (χ2n) is 7.15. The summed E-state index contributed by atoms with van der Waals surface area (Å²) in [6, 6.07) is 6.23. The molecule has 6 nitrogen and oxygen atoms in total. The first-order chi connectivity index (χ1) is 12.2. The van der Waals surface area contributed by atoms with Crippen molar-refractivity contribution in [1.82, 2.24) is 20.2 Å². The fourth-order valence-electron chi connectivity index (χ4n) is 3.86. The first-order valence-electron chi connectivity index (χ1n) is 9.26. The third-order valence-electron chi connectivity index (χ3n) is 5.37. The zero-order valence-corrected chi connectivity index (χ0v) is 17.2. The van der Waals surface area contributed by atoms with Crippen molar-refractivity contribution >= 4 is 41.8 Å². The number of nitrogens with one attached hydrogen (secondary N) is 2. The molecule has 0 aliphatic carbocycles. The Morgan fingerprint density at radius 3 is 2.74 bits per heavy atom. The number of ether oxygens (including phenoxy) is 1. The highest BCUT2D eigenvalue weighted by Gasteiger charge is 2.27. The van der Waals surface area contributed by atoms with Gasteiger partial charge in [0.2, 0.25) is 5.91 Å². The van der Waals surface area contributed by atoms with E-state index in [4.69, 9.17) is 9.72 Å². The van der Waals surface area contributed by atoms with Crippen molar-refractivity contribution in [3.8, 4) is 0 Å². The molecule has 8 heteroatoms. The Labute approximate surface area is 172 Å². The topological polar surface area (TPSA) is 70.2 Å². The fourth-order valence-corrected chi connectivity index (χ4v) is 3.86. The Morgan fingerprint density at radius 1 is 1.30 bits per heavy atom. The van der Waals surface area contributed by atoms with Crippen LogP contribution in [0.25, 0.3) is 11.0 Å². The average molecular weight is 415 g/mol. The Balaban J connectivity index is 0.00000131. The first-order valence-corrected chi connectivity index (χ1v) is 9.26. The Hall–Kier alpha value is -1.34. The molecule has 1 unspecified atom stereocenters. The van der Waals surface area contributed by atoms with Crippen molar-refractivity contribution < 1.29 is 9.53 Å². The lowest BCUT2D eigenvalue weighted by atomic mass is 9.96. The highest BCUT2D eigenvalue weighted by Crippen LogP contribution is 2.29. The number of carbonyl (C=O) groups excluding carboxylic acids is 1. The highest BCUT2D eigenvalue weighted by atomic mass is 35.5. The van der Waals surface area contributed by atoms with Crippen LogP contribution in [0.4, 0.5) is 0 Å². The van der Waals surface area contributed by atoms with Crippen LogP contribution < -0.4 is 5.32 Å². The number of likely N-dealkylation sites (tertiary alicyclic amines) is 1. The number of rotatable bonds is 3. The lowest BCUT2D eigenvalue weighted by molar-refractivity contribution is -0.135. The molecule has 3 heterocycles. The van der Waals surface area contributed by atoms with Gasteiger partial charge in [-0.25, -0.2) is 4.98 Å². The maximum atomic E-state index is 12.5. The van der Waals surface area contributed by atoms with E-state index in [9.17, 15) is 4.79 Å². The van der Waals surface area contributed by atoms with Gasteiger partial charge in [-0.15, -0.1) is 24.8 Å². The van der Waals surface area contributed by atoms with E-state index < -0.39 is 0 Å². The van der Waals surface area contributed by atoms with E-state index >= 15 is 0 Å². The third-order valence-corrected chi connectivity index (χ3v) is 5.37. The van der Waals surface area contributed by atoms with Crippen LogP contribution in [0, 0.1) is 6.92 Å². The number of morpholine rings is 1. The van der Waals surface area contributed by atoms with Gasteiger partial charge < -0.3 is 19.9 Å². The summed E-state index contributed by atoms with van der Waals surface area (Å²) in [6.45, 7) is 6.06. The molecule has 0 bridgehead atoms. The minimum Gasteiger partial charge on any atom is -0.375 e. The van der Waals surface area contributed by atoms with Gasteiger partial charge in [-0.2, -0.15) is 0 Å². The van der Waals surface area contributed by atoms with Crippen LogP contribution in [0.2, 0.25) is 0 Å². The molecule has 2 aliphatic heterocycles. The maximum absolute atomic E-state index is 12.5. The number of piperidine rings is 1. The molecule has 2 N–H and O–H groups in total. The summed E-state index contributed by atoms with van der Waals surface area (Å²) in [5, 5.41) is 3.28. The SMILES string of the molecule is Cc1cccc2[nH]c(C3CCN(C(=O)CC4CNCCO4)CC3)nc12.Cl.Cl. The molecule has 2 aliphatic rings. The van der Waals surface area contributed by atoms with Crippen LogP contribution in [0.3, 0.4) is 0 Å². The van der Waals surface area contributed by atoms with Gasteiger partial charge in [0.1, 0.15) is 5.82 Å². The largest absolute Gasteiger partial charge is 0.375 e. The molecule has 1 amide bonds. The minimum absolute atomic E-state index is 0. The average Bonchev–Trinajstić information content (AvgIpc) is 3.08. The lowest BCUT2D eigenvalue weighted by Gasteiger charge is -2.33. The third kappa shape index (κ3) is 4.93. The molecule has 4 rings (SSSR count). The van der Waals surface area contributed by atoms with Crippen LogP contribution in [0.1, 0.15) is 36.6 Å². The molecule has 150 valence electrons. The standard InChI is InChI=1S/C19H26N4O2.2ClH/c1-13-3-2-4-16-18(13)22-19(21-16)14-5-8-23(9-6-14)17(24)11-15-12-20-7-10-25-15;;/h2-4,14-15,20H,5-12H2,1H3,(H,21,22);2*1H. The first kappa shape index (κ1) is 22.0.